The molecule has 102 valence electrons. The van der Waals surface area contributed by atoms with Gasteiger partial charge in [0.05, 0.1) is 5.69 Å². The van der Waals surface area contributed by atoms with Crippen LogP contribution in [0.15, 0.2) is 5.38 Å². The van der Waals surface area contributed by atoms with Crippen molar-refractivity contribution < 1.29 is 0 Å². The monoisotopic (exact) mass is 267 g/mol. The van der Waals surface area contributed by atoms with Crippen molar-refractivity contribution in [2.45, 2.75) is 52.7 Å². The zero-order valence-corrected chi connectivity index (χ0v) is 12.6. The average molecular weight is 267 g/mol. The molecule has 0 aromatic carbocycles. The summed E-state index contributed by atoms with van der Waals surface area (Å²) in [6.07, 6.45) is 2.86. The van der Waals surface area contributed by atoms with E-state index in [0.29, 0.717) is 6.04 Å². The van der Waals surface area contributed by atoms with Crippen LogP contribution >= 0.6 is 11.3 Å². The zero-order chi connectivity index (χ0) is 13.0. The van der Waals surface area contributed by atoms with E-state index in [9.17, 15) is 0 Å². The summed E-state index contributed by atoms with van der Waals surface area (Å²) in [5, 5.41) is 6.84. The summed E-state index contributed by atoms with van der Waals surface area (Å²) < 4.78 is 0. The largest absolute Gasteiger partial charge is 0.308 e. The first-order valence-electron chi connectivity index (χ1n) is 7.06. The summed E-state index contributed by atoms with van der Waals surface area (Å²) >= 11 is 1.78. The molecule has 0 amide bonds. The Balaban J connectivity index is 1.80. The smallest absolute Gasteiger partial charge is 0.107 e. The van der Waals surface area contributed by atoms with Crippen molar-refractivity contribution in [1.82, 2.24) is 15.2 Å². The normalized spacial score (nSPS) is 15.8. The highest BCUT2D eigenvalue weighted by Gasteiger charge is 2.23. The van der Waals surface area contributed by atoms with Crippen LogP contribution < -0.4 is 5.32 Å². The van der Waals surface area contributed by atoms with Crippen molar-refractivity contribution in [2.24, 2.45) is 5.92 Å². The molecule has 4 heteroatoms. The van der Waals surface area contributed by atoms with Gasteiger partial charge in [0.1, 0.15) is 5.01 Å². The van der Waals surface area contributed by atoms with E-state index in [1.807, 2.05) is 0 Å². The summed E-state index contributed by atoms with van der Waals surface area (Å²) in [6.45, 7) is 10.9. The molecule has 0 unspecified atom stereocenters. The highest BCUT2D eigenvalue weighted by Crippen LogP contribution is 2.30. The number of rotatable bonds is 8. The van der Waals surface area contributed by atoms with E-state index in [-0.39, 0.29) is 0 Å². The van der Waals surface area contributed by atoms with Crippen LogP contribution in [0.25, 0.3) is 0 Å². The molecule has 0 saturated heterocycles. The lowest BCUT2D eigenvalue weighted by atomic mass is 10.3. The van der Waals surface area contributed by atoms with Crippen molar-refractivity contribution in [3.63, 3.8) is 0 Å². The molecule has 0 bridgehead atoms. The molecule has 1 aromatic rings. The molecule has 1 fully saturated rings. The van der Waals surface area contributed by atoms with Crippen molar-refractivity contribution in [2.75, 3.05) is 13.1 Å². The van der Waals surface area contributed by atoms with Crippen molar-refractivity contribution >= 4 is 11.3 Å². The van der Waals surface area contributed by atoms with Crippen LogP contribution in [0.3, 0.4) is 0 Å². The molecule has 1 aromatic heterocycles. The van der Waals surface area contributed by atoms with E-state index in [1.54, 1.807) is 11.3 Å². The molecular formula is C14H25N3S. The van der Waals surface area contributed by atoms with Gasteiger partial charge in [0, 0.05) is 31.1 Å². The molecule has 2 rings (SSSR count). The quantitative estimate of drug-likeness (QED) is 0.785. The van der Waals surface area contributed by atoms with Gasteiger partial charge in [0.2, 0.25) is 0 Å². The number of aromatic nitrogens is 1. The van der Waals surface area contributed by atoms with E-state index in [2.05, 4.69) is 36.4 Å². The molecule has 18 heavy (non-hydrogen) atoms. The van der Waals surface area contributed by atoms with Gasteiger partial charge in [-0.1, -0.05) is 20.8 Å². The van der Waals surface area contributed by atoms with Crippen LogP contribution in [0.5, 0.6) is 0 Å². The van der Waals surface area contributed by atoms with E-state index in [4.69, 9.17) is 4.98 Å². The van der Waals surface area contributed by atoms with Gasteiger partial charge in [-0.3, -0.25) is 4.90 Å². The average Bonchev–Trinajstić information content (AvgIpc) is 3.04. The lowest BCUT2D eigenvalue weighted by molar-refractivity contribution is 0.265. The summed E-state index contributed by atoms with van der Waals surface area (Å²) in [7, 11) is 0. The molecular weight excluding hydrogens is 242 g/mol. The van der Waals surface area contributed by atoms with Gasteiger partial charge in [-0.2, -0.15) is 0 Å². The maximum absolute atomic E-state index is 4.71. The molecule has 0 atom stereocenters. The van der Waals surface area contributed by atoms with E-state index in [0.717, 1.165) is 25.6 Å². The van der Waals surface area contributed by atoms with Gasteiger partial charge < -0.3 is 5.32 Å². The molecule has 1 heterocycles. The first kappa shape index (κ1) is 14.0. The standard InChI is InChI=1S/C14H25N3S/c1-4-17(8-12-5-6-12)9-13-10-18-14(16-13)7-15-11(2)3/h10-12,15H,4-9H2,1-3H3. The van der Waals surface area contributed by atoms with E-state index < -0.39 is 0 Å². The highest BCUT2D eigenvalue weighted by molar-refractivity contribution is 7.09. The molecule has 1 aliphatic rings. The van der Waals surface area contributed by atoms with Gasteiger partial charge in [0.15, 0.2) is 0 Å². The zero-order valence-electron chi connectivity index (χ0n) is 11.8. The molecule has 1 aliphatic carbocycles. The molecule has 0 spiro atoms. The maximum Gasteiger partial charge on any atom is 0.107 e. The third-order valence-electron chi connectivity index (χ3n) is 3.31. The van der Waals surface area contributed by atoms with Crippen molar-refractivity contribution in [3.05, 3.63) is 16.1 Å². The minimum atomic E-state index is 0.527. The van der Waals surface area contributed by atoms with Crippen molar-refractivity contribution in [1.29, 1.82) is 0 Å². The van der Waals surface area contributed by atoms with E-state index in [1.165, 1.54) is 30.1 Å². The Hall–Kier alpha value is -0.450. The summed E-state index contributed by atoms with van der Waals surface area (Å²) in [6, 6.07) is 0.527. The first-order valence-corrected chi connectivity index (χ1v) is 7.94. The molecule has 0 aliphatic heterocycles. The maximum atomic E-state index is 4.71. The number of thiazole rings is 1. The number of nitrogens with one attached hydrogen (secondary N) is 1. The fourth-order valence-electron chi connectivity index (χ4n) is 1.99. The second-order valence-corrected chi connectivity index (χ2v) is 6.48. The predicted octanol–water partition coefficient (Wildman–Crippen LogP) is 2.87. The lowest BCUT2D eigenvalue weighted by Crippen LogP contribution is -2.25. The fourth-order valence-corrected chi connectivity index (χ4v) is 2.73. The van der Waals surface area contributed by atoms with Gasteiger partial charge in [0.25, 0.3) is 0 Å². The third kappa shape index (κ3) is 4.67. The lowest BCUT2D eigenvalue weighted by Gasteiger charge is -2.18. The van der Waals surface area contributed by atoms with Crippen LogP contribution in [-0.4, -0.2) is 29.0 Å². The molecule has 0 radical (unpaired) electrons. The minimum Gasteiger partial charge on any atom is -0.308 e. The topological polar surface area (TPSA) is 28.2 Å². The van der Waals surface area contributed by atoms with Gasteiger partial charge in [-0.15, -0.1) is 11.3 Å². The fraction of sp³-hybridized carbons (Fsp3) is 0.786. The Morgan fingerprint density at radius 2 is 2.28 bits per heavy atom. The van der Waals surface area contributed by atoms with Gasteiger partial charge in [-0.05, 0) is 25.3 Å². The molecule has 3 nitrogen and oxygen atoms in total. The van der Waals surface area contributed by atoms with Crippen molar-refractivity contribution in [3.8, 4) is 0 Å². The SMILES string of the molecule is CCN(Cc1csc(CNC(C)C)n1)CC1CC1. The predicted molar refractivity (Wildman–Crippen MR) is 77.8 cm³/mol. The highest BCUT2D eigenvalue weighted by atomic mass is 32.1. The van der Waals surface area contributed by atoms with Crippen LogP contribution in [0.1, 0.15) is 44.3 Å². The Morgan fingerprint density at radius 1 is 1.50 bits per heavy atom. The number of nitrogens with zero attached hydrogens (tertiary/aromatic N) is 2. The number of hydrogen-bond donors (Lipinski definition) is 1. The summed E-state index contributed by atoms with van der Waals surface area (Å²) in [5.74, 6) is 0.964. The van der Waals surface area contributed by atoms with Crippen LogP contribution in [0.4, 0.5) is 0 Å². The Labute approximate surface area is 115 Å². The van der Waals surface area contributed by atoms with Crippen LogP contribution in [-0.2, 0) is 13.1 Å². The Morgan fingerprint density at radius 3 is 2.89 bits per heavy atom. The first-order chi connectivity index (χ1) is 8.67. The second kappa shape index (κ2) is 6.64. The summed E-state index contributed by atoms with van der Waals surface area (Å²) in [5.41, 5.74) is 1.24. The molecule has 1 saturated carbocycles. The third-order valence-corrected chi connectivity index (χ3v) is 4.20. The Bertz CT molecular complexity index is 358. The van der Waals surface area contributed by atoms with Gasteiger partial charge in [-0.25, -0.2) is 4.98 Å². The van der Waals surface area contributed by atoms with E-state index >= 15 is 0 Å². The van der Waals surface area contributed by atoms with Crippen LogP contribution in [0, 0.1) is 5.92 Å². The summed E-state index contributed by atoms with van der Waals surface area (Å²) in [4.78, 5) is 7.23. The van der Waals surface area contributed by atoms with Crippen LogP contribution in [0.2, 0.25) is 0 Å². The van der Waals surface area contributed by atoms with Gasteiger partial charge >= 0.3 is 0 Å². The second-order valence-electron chi connectivity index (χ2n) is 5.54. The number of hydrogen-bond acceptors (Lipinski definition) is 4. The minimum absolute atomic E-state index is 0.527. The Kier molecular flexibility index (Phi) is 5.15. The molecule has 1 N–H and O–H groups in total.